The van der Waals surface area contributed by atoms with Crippen LogP contribution in [-0.4, -0.2) is 32.6 Å². The number of hydrogen-bond donors (Lipinski definition) is 2. The molecular formula is C11H17N5O. The van der Waals surface area contributed by atoms with Crippen LogP contribution in [0.5, 0.6) is 5.88 Å². The van der Waals surface area contributed by atoms with E-state index in [1.165, 1.54) is 0 Å². The van der Waals surface area contributed by atoms with Gasteiger partial charge in [0, 0.05) is 6.54 Å². The summed E-state index contributed by atoms with van der Waals surface area (Å²) < 4.78 is 5.76. The van der Waals surface area contributed by atoms with Crippen LogP contribution in [0.25, 0.3) is 11.2 Å². The second kappa shape index (κ2) is 4.99. The Hall–Kier alpha value is -1.85. The maximum atomic E-state index is 5.76. The van der Waals surface area contributed by atoms with Gasteiger partial charge in [-0.05, 0) is 20.3 Å². The Bertz CT molecular complexity index is 496. The molecule has 0 aromatic carbocycles. The number of rotatable bonds is 5. The summed E-state index contributed by atoms with van der Waals surface area (Å²) >= 11 is 0. The first-order valence-electron chi connectivity index (χ1n) is 5.86. The van der Waals surface area contributed by atoms with Crippen molar-refractivity contribution in [2.24, 2.45) is 0 Å². The molecule has 2 aromatic heterocycles. The third-order valence-electron chi connectivity index (χ3n) is 2.48. The molecule has 0 spiro atoms. The molecule has 6 heteroatoms. The van der Waals surface area contributed by atoms with Crippen molar-refractivity contribution >= 4 is 17.1 Å². The van der Waals surface area contributed by atoms with Crippen LogP contribution in [0.15, 0.2) is 6.33 Å². The van der Waals surface area contributed by atoms with Gasteiger partial charge in [-0.2, -0.15) is 9.97 Å². The molecule has 2 N–H and O–H groups in total. The minimum atomic E-state index is 0.117. The molecule has 0 aliphatic heterocycles. The normalized spacial score (nSPS) is 12.6. The lowest BCUT2D eigenvalue weighted by atomic mass is 10.3. The molecule has 0 saturated heterocycles. The van der Waals surface area contributed by atoms with E-state index in [2.05, 4.69) is 32.2 Å². The monoisotopic (exact) mass is 235 g/mol. The molecule has 0 radical (unpaired) electrons. The summed E-state index contributed by atoms with van der Waals surface area (Å²) in [5.41, 5.74) is 1.36. The molecule has 6 nitrogen and oxygen atoms in total. The van der Waals surface area contributed by atoms with Crippen LogP contribution in [0.1, 0.15) is 27.2 Å². The molecule has 2 heterocycles. The quantitative estimate of drug-likeness (QED) is 0.828. The fourth-order valence-corrected chi connectivity index (χ4v) is 1.40. The van der Waals surface area contributed by atoms with Crippen LogP contribution >= 0.6 is 0 Å². The van der Waals surface area contributed by atoms with Gasteiger partial charge in [0.25, 0.3) is 0 Å². The number of imidazole rings is 1. The van der Waals surface area contributed by atoms with E-state index in [9.17, 15) is 0 Å². The van der Waals surface area contributed by atoms with Crippen molar-refractivity contribution in [2.45, 2.75) is 33.3 Å². The van der Waals surface area contributed by atoms with Gasteiger partial charge >= 0.3 is 0 Å². The summed E-state index contributed by atoms with van der Waals surface area (Å²) in [5.74, 6) is 1.10. The second-order valence-corrected chi connectivity index (χ2v) is 3.82. The van der Waals surface area contributed by atoms with Gasteiger partial charge in [-0.25, -0.2) is 4.98 Å². The highest BCUT2D eigenvalue weighted by Crippen LogP contribution is 2.22. The zero-order chi connectivity index (χ0) is 12.3. The van der Waals surface area contributed by atoms with Gasteiger partial charge in [-0.3, -0.25) is 0 Å². The van der Waals surface area contributed by atoms with Gasteiger partial charge < -0.3 is 15.0 Å². The fraction of sp³-hybridized carbons (Fsp3) is 0.545. The average molecular weight is 235 g/mol. The molecule has 17 heavy (non-hydrogen) atoms. The Kier molecular flexibility index (Phi) is 3.41. The third-order valence-corrected chi connectivity index (χ3v) is 2.48. The van der Waals surface area contributed by atoms with Crippen molar-refractivity contribution in [3.63, 3.8) is 0 Å². The molecule has 2 rings (SSSR count). The SMILES string of the molecule is CCNc1nc(OC(C)CC)c2[nH]cnc2n1. The van der Waals surface area contributed by atoms with E-state index in [1.54, 1.807) is 6.33 Å². The van der Waals surface area contributed by atoms with Gasteiger partial charge in [-0.1, -0.05) is 6.92 Å². The maximum Gasteiger partial charge on any atom is 0.245 e. The van der Waals surface area contributed by atoms with Gasteiger partial charge in [0.2, 0.25) is 11.8 Å². The van der Waals surface area contributed by atoms with Crippen molar-refractivity contribution in [2.75, 3.05) is 11.9 Å². The lowest BCUT2D eigenvalue weighted by Gasteiger charge is -2.12. The highest BCUT2D eigenvalue weighted by atomic mass is 16.5. The lowest BCUT2D eigenvalue weighted by molar-refractivity contribution is 0.211. The van der Waals surface area contributed by atoms with E-state index in [1.807, 2.05) is 13.8 Å². The zero-order valence-electron chi connectivity index (χ0n) is 10.3. The Morgan fingerprint density at radius 3 is 2.94 bits per heavy atom. The first-order chi connectivity index (χ1) is 8.24. The maximum absolute atomic E-state index is 5.76. The first kappa shape index (κ1) is 11.6. The summed E-state index contributed by atoms with van der Waals surface area (Å²) in [6.45, 7) is 6.84. The highest BCUT2D eigenvalue weighted by Gasteiger charge is 2.12. The summed E-state index contributed by atoms with van der Waals surface area (Å²) in [4.78, 5) is 15.7. The number of nitrogens with one attached hydrogen (secondary N) is 2. The minimum Gasteiger partial charge on any atom is -0.473 e. The van der Waals surface area contributed by atoms with Crippen molar-refractivity contribution in [1.82, 2.24) is 19.9 Å². The van der Waals surface area contributed by atoms with E-state index in [-0.39, 0.29) is 6.10 Å². The standard InChI is InChI=1S/C11H17N5O/c1-4-7(3)17-10-8-9(14-6-13-8)15-11(16-10)12-5-2/h6-7H,4-5H2,1-3H3,(H2,12,13,14,15,16). The van der Waals surface area contributed by atoms with Crippen molar-refractivity contribution in [3.05, 3.63) is 6.33 Å². The topological polar surface area (TPSA) is 75.7 Å². The predicted molar refractivity (Wildman–Crippen MR) is 66.2 cm³/mol. The molecule has 92 valence electrons. The molecule has 0 aliphatic rings. The van der Waals surface area contributed by atoms with Crippen LogP contribution in [-0.2, 0) is 0 Å². The first-order valence-corrected chi connectivity index (χ1v) is 5.86. The molecule has 0 fully saturated rings. The smallest absolute Gasteiger partial charge is 0.245 e. The Labute approximate surface area is 99.8 Å². The lowest BCUT2D eigenvalue weighted by Crippen LogP contribution is -2.12. The number of hydrogen-bond acceptors (Lipinski definition) is 5. The summed E-state index contributed by atoms with van der Waals surface area (Å²) in [6.07, 6.45) is 2.64. The minimum absolute atomic E-state index is 0.117. The van der Waals surface area contributed by atoms with Crippen molar-refractivity contribution in [1.29, 1.82) is 0 Å². The molecule has 1 unspecified atom stereocenters. The molecular weight excluding hydrogens is 218 g/mol. The number of ether oxygens (including phenoxy) is 1. The summed E-state index contributed by atoms with van der Waals surface area (Å²) in [6, 6.07) is 0. The second-order valence-electron chi connectivity index (χ2n) is 3.82. The molecule has 0 aliphatic carbocycles. The van der Waals surface area contributed by atoms with Gasteiger partial charge in [-0.15, -0.1) is 0 Å². The number of nitrogens with zero attached hydrogens (tertiary/aromatic N) is 3. The van der Waals surface area contributed by atoms with E-state index in [4.69, 9.17) is 4.74 Å². The van der Waals surface area contributed by atoms with E-state index in [0.29, 0.717) is 17.5 Å². The average Bonchev–Trinajstić information content (AvgIpc) is 2.77. The number of aromatic nitrogens is 4. The van der Waals surface area contributed by atoms with Crippen molar-refractivity contribution < 1.29 is 4.74 Å². The van der Waals surface area contributed by atoms with Crippen LogP contribution in [0.4, 0.5) is 5.95 Å². The Balaban J connectivity index is 2.39. The predicted octanol–water partition coefficient (Wildman–Crippen LogP) is 1.96. The zero-order valence-corrected chi connectivity index (χ0v) is 10.3. The Morgan fingerprint density at radius 1 is 1.41 bits per heavy atom. The summed E-state index contributed by atoms with van der Waals surface area (Å²) in [7, 11) is 0. The third kappa shape index (κ3) is 2.46. The number of anilines is 1. The van der Waals surface area contributed by atoms with Gasteiger partial charge in [0.1, 0.15) is 5.52 Å². The van der Waals surface area contributed by atoms with Crippen LogP contribution < -0.4 is 10.1 Å². The largest absolute Gasteiger partial charge is 0.473 e. The summed E-state index contributed by atoms with van der Waals surface area (Å²) in [5, 5.41) is 3.06. The van der Waals surface area contributed by atoms with Crippen molar-refractivity contribution in [3.8, 4) is 5.88 Å². The number of fused-ring (bicyclic) bond motifs is 1. The molecule has 0 saturated carbocycles. The number of H-pyrrole nitrogens is 1. The fourth-order valence-electron chi connectivity index (χ4n) is 1.40. The molecule has 1 atom stereocenters. The molecule has 2 aromatic rings. The van der Waals surface area contributed by atoms with E-state index < -0.39 is 0 Å². The van der Waals surface area contributed by atoms with Gasteiger partial charge in [0.05, 0.1) is 12.4 Å². The van der Waals surface area contributed by atoms with E-state index in [0.717, 1.165) is 18.5 Å². The Morgan fingerprint density at radius 2 is 2.24 bits per heavy atom. The van der Waals surface area contributed by atoms with Gasteiger partial charge in [0.15, 0.2) is 5.65 Å². The van der Waals surface area contributed by atoms with Crippen LogP contribution in [0.2, 0.25) is 0 Å². The molecule has 0 bridgehead atoms. The van der Waals surface area contributed by atoms with Crippen LogP contribution in [0, 0.1) is 0 Å². The van der Waals surface area contributed by atoms with E-state index >= 15 is 0 Å². The van der Waals surface area contributed by atoms with Crippen LogP contribution in [0.3, 0.4) is 0 Å². The highest BCUT2D eigenvalue weighted by molar-refractivity contribution is 5.76. The number of aromatic amines is 1. The molecule has 0 amide bonds.